The number of quaternary nitrogens is 1. The fourth-order valence-corrected chi connectivity index (χ4v) is 8.48. The molecule has 0 spiro atoms. The number of likely N-dealkylation sites (N-methyl/N-ethyl adjacent to an activating group) is 1. The second kappa shape index (κ2) is 44.2. The first-order chi connectivity index (χ1) is 29.5. The molecule has 0 saturated carbocycles. The van der Waals surface area contributed by atoms with Crippen molar-refractivity contribution in [3.05, 3.63) is 24.3 Å². The number of aliphatic hydroxyl groups excluding tert-OH is 1. The van der Waals surface area contributed by atoms with E-state index >= 15 is 0 Å². The average molecular weight is 883 g/mol. The molecule has 0 fully saturated rings. The van der Waals surface area contributed by atoms with Crippen molar-refractivity contribution >= 4 is 13.7 Å². The summed E-state index contributed by atoms with van der Waals surface area (Å²) >= 11 is 0. The number of amides is 1. The Morgan fingerprint density at radius 3 is 1.33 bits per heavy atom. The molecule has 2 N–H and O–H groups in total. The normalized spacial score (nSPS) is 14.3. The molecule has 1 amide bonds. The summed E-state index contributed by atoms with van der Waals surface area (Å²) < 4.78 is 23.3. The van der Waals surface area contributed by atoms with Gasteiger partial charge < -0.3 is 28.8 Å². The average Bonchev–Trinajstić information content (AvgIpc) is 3.21. The quantitative estimate of drug-likeness (QED) is 0.0273. The standard InChI is InChI=1S/C52H103N2O6P/c1-6-8-10-12-14-16-18-20-22-24-26-28-30-32-34-36-38-40-42-44-46-52(56)53-50(49-60-61(57,58)59-48-47-54(3,4)5)51(55)45-43-41-39-37-35-33-31-29-27-25-23-21-19-17-15-13-11-9-7-2/h35,37,43,45,50-51,55H,6-34,36,38-42,44,46-49H2,1-5H3,(H-,53,56,57,58)/b37-35+,45-43+. The van der Waals surface area contributed by atoms with Crippen LogP contribution in [0.4, 0.5) is 0 Å². The minimum atomic E-state index is -4.60. The van der Waals surface area contributed by atoms with Crippen LogP contribution in [0.1, 0.15) is 251 Å². The Morgan fingerprint density at radius 2 is 0.918 bits per heavy atom. The molecule has 9 heteroatoms. The van der Waals surface area contributed by atoms with Crippen molar-refractivity contribution in [1.82, 2.24) is 5.32 Å². The first kappa shape index (κ1) is 60.0. The summed E-state index contributed by atoms with van der Waals surface area (Å²) in [6.07, 6.45) is 53.8. The lowest BCUT2D eigenvalue weighted by molar-refractivity contribution is -0.870. The van der Waals surface area contributed by atoms with Crippen molar-refractivity contribution in [3.8, 4) is 0 Å². The van der Waals surface area contributed by atoms with E-state index in [1.165, 1.54) is 193 Å². The van der Waals surface area contributed by atoms with Gasteiger partial charge >= 0.3 is 0 Å². The van der Waals surface area contributed by atoms with Crippen molar-refractivity contribution < 1.29 is 32.9 Å². The second-order valence-corrected chi connectivity index (χ2v) is 20.6. The lowest BCUT2D eigenvalue weighted by atomic mass is 10.0. The van der Waals surface area contributed by atoms with Crippen LogP contribution in [-0.2, 0) is 18.4 Å². The van der Waals surface area contributed by atoms with Gasteiger partial charge in [0.2, 0.25) is 5.91 Å². The Kier molecular flexibility index (Phi) is 43.5. The predicted molar refractivity (Wildman–Crippen MR) is 261 cm³/mol. The smallest absolute Gasteiger partial charge is 0.268 e. The fourth-order valence-electron chi connectivity index (χ4n) is 7.76. The largest absolute Gasteiger partial charge is 0.756 e. The predicted octanol–water partition coefficient (Wildman–Crippen LogP) is 14.6. The van der Waals surface area contributed by atoms with Gasteiger partial charge in [-0.05, 0) is 32.1 Å². The zero-order valence-corrected chi connectivity index (χ0v) is 42.0. The molecule has 362 valence electrons. The van der Waals surface area contributed by atoms with Gasteiger partial charge in [0, 0.05) is 6.42 Å². The van der Waals surface area contributed by atoms with E-state index in [0.717, 1.165) is 38.5 Å². The Hall–Kier alpha value is -1.02. The van der Waals surface area contributed by atoms with Crippen molar-refractivity contribution in [2.24, 2.45) is 0 Å². The molecule has 3 unspecified atom stereocenters. The number of carbonyl (C=O) groups is 1. The molecule has 0 aromatic heterocycles. The number of aliphatic hydroxyl groups is 1. The van der Waals surface area contributed by atoms with E-state index in [0.29, 0.717) is 17.4 Å². The number of hydrogen-bond acceptors (Lipinski definition) is 6. The van der Waals surface area contributed by atoms with Gasteiger partial charge in [-0.2, -0.15) is 0 Å². The number of carbonyl (C=O) groups excluding carboxylic acids is 1. The number of nitrogens with zero attached hydrogens (tertiary/aromatic N) is 1. The highest BCUT2D eigenvalue weighted by Crippen LogP contribution is 2.38. The molecule has 0 aromatic rings. The van der Waals surface area contributed by atoms with Gasteiger partial charge in [0.15, 0.2) is 0 Å². The molecule has 0 heterocycles. The van der Waals surface area contributed by atoms with Crippen LogP contribution < -0.4 is 10.2 Å². The van der Waals surface area contributed by atoms with Gasteiger partial charge in [0.05, 0.1) is 39.9 Å². The molecule has 0 aliphatic carbocycles. The van der Waals surface area contributed by atoms with Gasteiger partial charge in [-0.15, -0.1) is 0 Å². The summed E-state index contributed by atoms with van der Waals surface area (Å²) in [4.78, 5) is 25.4. The number of rotatable bonds is 48. The van der Waals surface area contributed by atoms with Gasteiger partial charge in [0.25, 0.3) is 7.82 Å². The summed E-state index contributed by atoms with van der Waals surface area (Å²) in [5, 5.41) is 13.8. The monoisotopic (exact) mass is 883 g/mol. The molecule has 8 nitrogen and oxygen atoms in total. The number of allylic oxidation sites excluding steroid dienone is 3. The third-order valence-corrected chi connectivity index (χ3v) is 12.9. The van der Waals surface area contributed by atoms with Crippen LogP contribution in [0, 0.1) is 0 Å². The Labute approximate surface area is 379 Å². The number of phosphoric ester groups is 1. The molecule has 3 atom stereocenters. The van der Waals surface area contributed by atoms with Gasteiger partial charge in [-0.25, -0.2) is 0 Å². The summed E-state index contributed by atoms with van der Waals surface area (Å²) in [7, 11) is 1.25. The number of nitrogens with one attached hydrogen (secondary N) is 1. The molecule has 0 rings (SSSR count). The summed E-state index contributed by atoms with van der Waals surface area (Å²) in [6.45, 7) is 4.66. The van der Waals surface area contributed by atoms with E-state index in [9.17, 15) is 19.4 Å². The lowest BCUT2D eigenvalue weighted by Gasteiger charge is -2.29. The van der Waals surface area contributed by atoms with Crippen molar-refractivity contribution in [1.29, 1.82) is 0 Å². The second-order valence-electron chi connectivity index (χ2n) is 19.2. The summed E-state index contributed by atoms with van der Waals surface area (Å²) in [5.41, 5.74) is 0. The molecule has 0 bridgehead atoms. The van der Waals surface area contributed by atoms with E-state index in [-0.39, 0.29) is 19.1 Å². The highest BCUT2D eigenvalue weighted by atomic mass is 31.2. The van der Waals surface area contributed by atoms with Crippen molar-refractivity contribution in [2.45, 2.75) is 264 Å². The van der Waals surface area contributed by atoms with E-state index in [1.807, 2.05) is 27.2 Å². The summed E-state index contributed by atoms with van der Waals surface area (Å²) in [6, 6.07) is -0.899. The first-order valence-electron chi connectivity index (χ1n) is 26.2. The maximum atomic E-state index is 12.9. The zero-order valence-electron chi connectivity index (χ0n) is 41.1. The van der Waals surface area contributed by atoms with Gasteiger partial charge in [0.1, 0.15) is 13.2 Å². The molecule has 0 radical (unpaired) electrons. The fraction of sp³-hybridized carbons (Fsp3) is 0.904. The minimum absolute atomic E-state index is 0.00389. The Bertz CT molecular complexity index is 1050. The molecule has 61 heavy (non-hydrogen) atoms. The Morgan fingerprint density at radius 1 is 0.557 bits per heavy atom. The highest BCUT2D eigenvalue weighted by molar-refractivity contribution is 7.45. The van der Waals surface area contributed by atoms with Crippen LogP contribution in [0.5, 0.6) is 0 Å². The van der Waals surface area contributed by atoms with Crippen LogP contribution in [0.3, 0.4) is 0 Å². The van der Waals surface area contributed by atoms with E-state index in [4.69, 9.17) is 9.05 Å². The van der Waals surface area contributed by atoms with Crippen molar-refractivity contribution in [2.75, 3.05) is 40.9 Å². The molecule has 0 aliphatic heterocycles. The van der Waals surface area contributed by atoms with Gasteiger partial charge in [-0.1, -0.05) is 237 Å². The number of unbranched alkanes of at least 4 members (excludes halogenated alkanes) is 33. The number of hydrogen-bond donors (Lipinski definition) is 2. The van der Waals surface area contributed by atoms with Crippen molar-refractivity contribution in [3.63, 3.8) is 0 Å². The van der Waals surface area contributed by atoms with E-state index in [2.05, 4.69) is 31.3 Å². The molecule has 0 saturated heterocycles. The number of phosphoric acid groups is 1. The lowest BCUT2D eigenvalue weighted by Crippen LogP contribution is -2.45. The van der Waals surface area contributed by atoms with Crippen LogP contribution in [0.15, 0.2) is 24.3 Å². The molecular formula is C52H103N2O6P. The third kappa shape index (κ3) is 46.8. The van der Waals surface area contributed by atoms with Crippen LogP contribution >= 0.6 is 7.82 Å². The summed E-state index contributed by atoms with van der Waals surface area (Å²) in [5.74, 6) is -0.203. The van der Waals surface area contributed by atoms with Crippen LogP contribution in [0.25, 0.3) is 0 Å². The van der Waals surface area contributed by atoms with E-state index in [1.54, 1.807) is 6.08 Å². The maximum Gasteiger partial charge on any atom is 0.268 e. The minimum Gasteiger partial charge on any atom is -0.756 e. The first-order valence-corrected chi connectivity index (χ1v) is 27.7. The topological polar surface area (TPSA) is 108 Å². The van der Waals surface area contributed by atoms with Gasteiger partial charge in [-0.3, -0.25) is 9.36 Å². The van der Waals surface area contributed by atoms with Crippen LogP contribution in [0.2, 0.25) is 0 Å². The Balaban J connectivity index is 4.31. The zero-order chi connectivity index (χ0) is 45.0. The molecule has 0 aliphatic rings. The molecular weight excluding hydrogens is 780 g/mol. The third-order valence-electron chi connectivity index (χ3n) is 11.9. The maximum absolute atomic E-state index is 12.9. The van der Waals surface area contributed by atoms with Crippen LogP contribution in [-0.4, -0.2) is 68.5 Å². The van der Waals surface area contributed by atoms with E-state index < -0.39 is 20.0 Å². The SMILES string of the molecule is CCCCCCCCCCCCCCC/C=C/CC/C=C/C(O)C(COP(=O)([O-])OCC[N+](C)(C)C)NC(=O)CCCCCCCCCCCCCCCCCCCCCC. The highest BCUT2D eigenvalue weighted by Gasteiger charge is 2.23. The molecule has 0 aromatic carbocycles.